The number of rotatable bonds is 18. The Morgan fingerprint density at radius 2 is 1.54 bits per heavy atom. The number of aromatic nitrogens is 1. The molecule has 19 atom stereocenters. The van der Waals surface area contributed by atoms with E-state index in [0.29, 0.717) is 59.2 Å². The number of methoxy groups -OCH3 is 3. The Morgan fingerprint density at radius 3 is 2.18 bits per heavy atom. The van der Waals surface area contributed by atoms with Crippen molar-refractivity contribution >= 4 is 81.0 Å². The molecule has 5 saturated heterocycles. The SMILES string of the molecule is COc1ccc(N(CCSC2C(=O)O[C@@]3(C)[C@H]2[C@@H](C)C(=O)[C@H](C)C[C@@](C)(OC)[C@H](O[C@@H]2O[C@H](C)C[C@@H](N4CCOCC4)[C@@H]2N(C)C)[C@@H](C)[C@H](O[C@H]2C[C@@](C)(OC)[C@@H](O)[C@H](C)O2)[C@@H](C)C(=O)O[C@@H]3I)Cc2c(Cl)cncc2Cl)cc1OC1CCCC1. The maximum Gasteiger partial charge on any atom is 0.320 e. The fourth-order valence-corrected chi connectivity index (χ4v) is 16.9. The van der Waals surface area contributed by atoms with Crippen LogP contribution in [0.4, 0.5) is 5.69 Å². The minimum atomic E-state index is -1.48. The molecule has 1 aromatic carbocycles. The Balaban J connectivity index is 1.15. The van der Waals surface area contributed by atoms with Gasteiger partial charge in [-0.2, -0.15) is 0 Å². The van der Waals surface area contributed by atoms with Crippen molar-refractivity contribution in [3.8, 4) is 11.5 Å². The smallest absolute Gasteiger partial charge is 0.320 e. The maximum atomic E-state index is 15.6. The van der Waals surface area contributed by atoms with E-state index >= 15 is 9.59 Å². The number of esters is 2. The molecule has 1 aliphatic carbocycles. The summed E-state index contributed by atoms with van der Waals surface area (Å²) in [6.07, 6.45) is 2.86. The third-order valence-electron chi connectivity index (χ3n) is 19.2. The van der Waals surface area contributed by atoms with Gasteiger partial charge in [-0.25, -0.2) is 0 Å². The molecule has 1 unspecified atom stereocenters. The highest BCUT2D eigenvalue weighted by molar-refractivity contribution is 14.1. The Kier molecular flexibility index (Phi) is 23.6. The second kappa shape index (κ2) is 29.3. The van der Waals surface area contributed by atoms with Gasteiger partial charge >= 0.3 is 11.9 Å². The number of alkyl halides is 1. The minimum Gasteiger partial charge on any atom is -0.493 e. The van der Waals surface area contributed by atoms with Crippen molar-refractivity contribution in [2.75, 3.05) is 78.9 Å². The highest BCUT2D eigenvalue weighted by atomic mass is 127. The standard InChI is InChI=1S/C62H93Cl2IN4O15S/c1-34-29-61(8,76-14)55(82-58-50(67(10)11)45(27-35(2)78-58)68-21-24-77-25-22-68)37(4)52(81-48-30-60(7,75-13)54(71)39(6)79-48)38(5)56(72)83-59(65)62(9)49(36(3)51(34)70)53(57(73)84-62)85-26-23-69(33-42-43(63)31-66-32-44(42)64)40-19-20-46(74-12)47(28-40)80-41-17-15-16-18-41/h19-20,28,31-32,34-39,41,45,48-50,52-55,58-59,71H,15-18,21-27,29-30,33H2,1-14H3/t34-,35-,36-,37+,38-,39+,45-,48+,49+,50+,52+,53?,54+,55-,58+,59+,60-,61-,62+/m1/s1. The van der Waals surface area contributed by atoms with Gasteiger partial charge in [0.15, 0.2) is 33.8 Å². The van der Waals surface area contributed by atoms with Crippen molar-refractivity contribution in [2.45, 2.75) is 201 Å². The number of carbonyl (C=O) groups is 3. The number of cyclic esters (lactones) is 1. The van der Waals surface area contributed by atoms with Crippen molar-refractivity contribution in [3.63, 3.8) is 0 Å². The average Bonchev–Trinajstić information content (AvgIpc) is 1.88. The quantitative estimate of drug-likeness (QED) is 0.0841. The van der Waals surface area contributed by atoms with E-state index < -0.39 is 105 Å². The molecule has 0 amide bonds. The van der Waals surface area contributed by atoms with Gasteiger partial charge in [0.25, 0.3) is 0 Å². The van der Waals surface area contributed by atoms with Crippen LogP contribution in [0.3, 0.4) is 0 Å². The summed E-state index contributed by atoms with van der Waals surface area (Å²) in [6, 6.07) is 5.61. The highest BCUT2D eigenvalue weighted by Crippen LogP contribution is 2.51. The first-order valence-corrected chi connectivity index (χ1v) is 33.3. The van der Waals surface area contributed by atoms with Crippen molar-refractivity contribution in [3.05, 3.63) is 46.2 Å². The molecule has 6 aliphatic rings. The van der Waals surface area contributed by atoms with Crippen molar-refractivity contribution in [1.29, 1.82) is 0 Å². The number of halogens is 3. The number of ether oxygens (including phenoxy) is 11. The normalized spacial score (nSPS) is 38.4. The number of thioether (sulfide) groups is 1. The first-order chi connectivity index (χ1) is 40.3. The van der Waals surface area contributed by atoms with E-state index in [2.05, 4.69) is 26.6 Å². The van der Waals surface area contributed by atoms with Gasteiger partial charge in [0, 0.05) is 112 Å². The molecule has 1 N–H and O–H groups in total. The van der Waals surface area contributed by atoms with Gasteiger partial charge in [0.1, 0.15) is 17.1 Å². The van der Waals surface area contributed by atoms with Gasteiger partial charge in [0.05, 0.1) is 84.1 Å². The molecule has 5 aliphatic heterocycles. The zero-order valence-corrected chi connectivity index (χ0v) is 56.6. The molecule has 0 radical (unpaired) electrons. The molecular formula is C62H93Cl2IN4O15S. The van der Waals surface area contributed by atoms with Crippen LogP contribution >= 0.6 is 57.6 Å². The molecule has 1 saturated carbocycles. The Morgan fingerprint density at radius 1 is 0.871 bits per heavy atom. The molecule has 478 valence electrons. The summed E-state index contributed by atoms with van der Waals surface area (Å²) in [5.41, 5.74) is -2.28. The number of aliphatic hydroxyl groups excluding tert-OH is 1. The summed E-state index contributed by atoms with van der Waals surface area (Å²) in [4.78, 5) is 56.6. The highest BCUT2D eigenvalue weighted by Gasteiger charge is 2.62. The number of benzene rings is 1. The number of morpholine rings is 1. The number of Topliss-reactive ketones (excluding diaryl/α,β-unsaturated/α-hetero) is 1. The summed E-state index contributed by atoms with van der Waals surface area (Å²) in [7, 11) is 8.84. The van der Waals surface area contributed by atoms with Crippen LogP contribution in [0.25, 0.3) is 0 Å². The third kappa shape index (κ3) is 15.2. The zero-order chi connectivity index (χ0) is 61.9. The largest absolute Gasteiger partial charge is 0.493 e. The number of hydrogen-bond acceptors (Lipinski definition) is 20. The van der Waals surface area contributed by atoms with Crippen LogP contribution in [-0.4, -0.2) is 199 Å². The number of aliphatic hydroxyl groups is 1. The summed E-state index contributed by atoms with van der Waals surface area (Å²) in [5, 5.41) is 11.3. The van der Waals surface area contributed by atoms with E-state index in [0.717, 1.165) is 50.9 Å². The monoisotopic (exact) mass is 1360 g/mol. The molecule has 0 bridgehead atoms. The van der Waals surface area contributed by atoms with E-state index in [4.69, 9.17) is 75.3 Å². The van der Waals surface area contributed by atoms with Crippen LogP contribution in [0.2, 0.25) is 10.0 Å². The summed E-state index contributed by atoms with van der Waals surface area (Å²) in [6.45, 7) is 20.2. The van der Waals surface area contributed by atoms with Gasteiger partial charge < -0.3 is 67.0 Å². The van der Waals surface area contributed by atoms with Crippen LogP contribution in [0, 0.1) is 29.6 Å². The first-order valence-electron chi connectivity index (χ1n) is 30.3. The fraction of sp³-hybridized carbons (Fsp3) is 0.774. The third-order valence-corrected chi connectivity index (χ3v) is 22.6. The number of ketones is 1. The number of likely N-dealkylation sites (N-methyl/N-ethyl adjacent to an activating group) is 1. The molecule has 85 heavy (non-hydrogen) atoms. The maximum absolute atomic E-state index is 15.6. The van der Waals surface area contributed by atoms with Gasteiger partial charge in [-0.15, -0.1) is 11.8 Å². The summed E-state index contributed by atoms with van der Waals surface area (Å²) < 4.78 is 70.6. The van der Waals surface area contributed by atoms with E-state index in [1.54, 1.807) is 54.5 Å². The molecule has 1 aromatic heterocycles. The molecule has 6 fully saturated rings. The predicted molar refractivity (Wildman–Crippen MR) is 334 cm³/mol. The van der Waals surface area contributed by atoms with Crippen LogP contribution in [0.15, 0.2) is 30.6 Å². The first kappa shape index (κ1) is 68.5. The van der Waals surface area contributed by atoms with Gasteiger partial charge in [0.2, 0.25) is 0 Å². The van der Waals surface area contributed by atoms with Crippen LogP contribution in [-0.2, 0) is 63.6 Å². The minimum absolute atomic E-state index is 0.0440. The topological polar surface area (TPSA) is 196 Å². The Labute approximate surface area is 531 Å². The van der Waals surface area contributed by atoms with Crippen LogP contribution < -0.4 is 14.4 Å². The number of nitrogens with zero attached hydrogens (tertiary/aromatic N) is 4. The Hall–Kier alpha value is -2.36. The van der Waals surface area contributed by atoms with Crippen LogP contribution in [0.1, 0.15) is 113 Å². The molecule has 23 heteroatoms. The lowest BCUT2D eigenvalue weighted by atomic mass is 9.72. The molecule has 19 nitrogen and oxygen atoms in total. The number of pyridine rings is 1. The fourth-order valence-electron chi connectivity index (χ4n) is 14.1. The van der Waals surface area contributed by atoms with Crippen molar-refractivity contribution in [2.24, 2.45) is 29.6 Å². The predicted octanol–water partition coefficient (Wildman–Crippen LogP) is 9.42. The van der Waals surface area contributed by atoms with E-state index in [1.165, 1.54) is 11.8 Å². The molecule has 2 aromatic rings. The van der Waals surface area contributed by atoms with Gasteiger partial charge in [-0.1, -0.05) is 44.0 Å². The molecule has 8 rings (SSSR count). The zero-order valence-electron chi connectivity index (χ0n) is 52.1. The average molecular weight is 1360 g/mol. The molecule has 6 heterocycles. The molecular weight excluding hydrogens is 1270 g/mol. The number of hydrogen-bond donors (Lipinski definition) is 1. The lowest BCUT2D eigenvalue weighted by molar-refractivity contribution is -0.314. The van der Waals surface area contributed by atoms with E-state index in [-0.39, 0.29) is 42.9 Å². The van der Waals surface area contributed by atoms with Gasteiger partial charge in [-0.05, 0) is 129 Å². The second-order valence-corrected chi connectivity index (χ2v) is 28.5. The van der Waals surface area contributed by atoms with Crippen molar-refractivity contribution in [1.82, 2.24) is 14.8 Å². The number of fused-ring (bicyclic) bond motifs is 1. The summed E-state index contributed by atoms with van der Waals surface area (Å²) in [5.74, 6) is -3.58. The van der Waals surface area contributed by atoms with Crippen LogP contribution in [0.5, 0.6) is 11.5 Å². The van der Waals surface area contributed by atoms with E-state index in [1.807, 2.05) is 89.5 Å². The second-order valence-electron chi connectivity index (χ2n) is 25.3. The Bertz CT molecular complexity index is 2570. The van der Waals surface area contributed by atoms with E-state index in [9.17, 15) is 9.90 Å². The number of anilines is 1. The molecule has 0 spiro atoms. The van der Waals surface area contributed by atoms with Gasteiger partial charge in [-0.3, -0.25) is 24.3 Å². The summed E-state index contributed by atoms with van der Waals surface area (Å²) >= 11 is 17.0. The lowest BCUT2D eigenvalue weighted by Gasteiger charge is -2.52. The number of carbonyl (C=O) groups excluding carboxylic acids is 3. The lowest BCUT2D eigenvalue weighted by Crippen LogP contribution is -2.65. The van der Waals surface area contributed by atoms with Crippen molar-refractivity contribution < 1.29 is 71.6 Å².